The van der Waals surface area contributed by atoms with E-state index in [1.807, 2.05) is 18.2 Å². The van der Waals surface area contributed by atoms with E-state index in [1.165, 1.54) is 12.1 Å². The van der Waals surface area contributed by atoms with Crippen molar-refractivity contribution in [3.05, 3.63) is 58.9 Å². The van der Waals surface area contributed by atoms with E-state index in [-0.39, 0.29) is 5.82 Å². The molecule has 2 nitrogen and oxygen atoms in total. The molecule has 0 fully saturated rings. The molecule has 2 rings (SSSR count). The maximum Gasteiger partial charge on any atom is 0.133 e. The van der Waals surface area contributed by atoms with Crippen LogP contribution < -0.4 is 10.1 Å². The molecule has 4 heteroatoms. The van der Waals surface area contributed by atoms with E-state index in [1.54, 1.807) is 12.1 Å². The quantitative estimate of drug-likeness (QED) is 0.857. The minimum atomic E-state index is -0.287. The third-order valence-corrected chi connectivity index (χ3v) is 3.16. The van der Waals surface area contributed by atoms with Gasteiger partial charge in [0, 0.05) is 23.2 Å². The normalized spacial score (nSPS) is 10.8. The van der Waals surface area contributed by atoms with Crippen LogP contribution in [0.4, 0.5) is 4.39 Å². The van der Waals surface area contributed by atoms with Crippen molar-refractivity contribution in [2.45, 2.75) is 26.4 Å². The van der Waals surface area contributed by atoms with E-state index in [0.717, 1.165) is 5.56 Å². The first-order chi connectivity index (χ1) is 9.56. The van der Waals surface area contributed by atoms with Gasteiger partial charge in [-0.15, -0.1) is 0 Å². The second kappa shape index (κ2) is 6.73. The second-order valence-electron chi connectivity index (χ2n) is 4.81. The number of ether oxygens (including phenoxy) is 1. The molecule has 0 heterocycles. The zero-order chi connectivity index (χ0) is 14.5. The number of hydrogen-bond donors (Lipinski definition) is 1. The van der Waals surface area contributed by atoms with Crippen molar-refractivity contribution in [3.8, 4) is 11.5 Å². The van der Waals surface area contributed by atoms with E-state index >= 15 is 0 Å². The van der Waals surface area contributed by atoms with Gasteiger partial charge in [0.15, 0.2) is 0 Å². The van der Waals surface area contributed by atoms with Gasteiger partial charge in [-0.1, -0.05) is 31.5 Å². The Kier molecular flexibility index (Phi) is 4.99. The van der Waals surface area contributed by atoms with Gasteiger partial charge in [-0.2, -0.15) is 0 Å². The minimum Gasteiger partial charge on any atom is -0.457 e. The van der Waals surface area contributed by atoms with E-state index < -0.39 is 0 Å². The van der Waals surface area contributed by atoms with Crippen LogP contribution in [0.3, 0.4) is 0 Å². The molecule has 0 saturated heterocycles. The summed E-state index contributed by atoms with van der Waals surface area (Å²) in [4.78, 5) is 0. The SMILES string of the molecule is CC(C)NCc1c(Cl)cccc1Oc1ccc(F)cc1. The van der Waals surface area contributed by atoms with E-state index in [2.05, 4.69) is 19.2 Å². The Hall–Kier alpha value is -1.58. The summed E-state index contributed by atoms with van der Waals surface area (Å²) in [7, 11) is 0. The maximum absolute atomic E-state index is 12.9. The van der Waals surface area contributed by atoms with Crippen molar-refractivity contribution >= 4 is 11.6 Å². The molecular formula is C16H17ClFNO. The Bertz CT molecular complexity index is 569. The standard InChI is InChI=1S/C16H17ClFNO/c1-11(2)19-10-14-15(17)4-3-5-16(14)20-13-8-6-12(18)7-9-13/h3-9,11,19H,10H2,1-2H3. The summed E-state index contributed by atoms with van der Waals surface area (Å²) in [5.74, 6) is 0.974. The van der Waals surface area contributed by atoms with Gasteiger partial charge in [0.05, 0.1) is 0 Å². The fraction of sp³-hybridized carbons (Fsp3) is 0.250. The number of halogens is 2. The molecule has 0 radical (unpaired) electrons. The summed E-state index contributed by atoms with van der Waals surface area (Å²) in [6.07, 6.45) is 0. The van der Waals surface area contributed by atoms with E-state index in [9.17, 15) is 4.39 Å². The Labute approximate surface area is 123 Å². The lowest BCUT2D eigenvalue weighted by atomic mass is 10.2. The van der Waals surface area contributed by atoms with Crippen LogP contribution in [0, 0.1) is 5.82 Å². The lowest BCUT2D eigenvalue weighted by molar-refractivity contribution is 0.468. The average molecular weight is 294 g/mol. The lowest BCUT2D eigenvalue weighted by Gasteiger charge is -2.15. The first-order valence-corrected chi connectivity index (χ1v) is 6.88. The molecule has 0 aromatic heterocycles. The van der Waals surface area contributed by atoms with Crippen molar-refractivity contribution in [2.24, 2.45) is 0 Å². The first kappa shape index (κ1) is 14.8. The second-order valence-corrected chi connectivity index (χ2v) is 5.22. The fourth-order valence-electron chi connectivity index (χ4n) is 1.74. The van der Waals surface area contributed by atoms with Crippen LogP contribution in [0.25, 0.3) is 0 Å². The highest BCUT2D eigenvalue weighted by atomic mass is 35.5. The molecule has 0 aliphatic heterocycles. The lowest BCUT2D eigenvalue weighted by Crippen LogP contribution is -2.22. The smallest absolute Gasteiger partial charge is 0.133 e. The number of nitrogens with one attached hydrogen (secondary N) is 1. The highest BCUT2D eigenvalue weighted by molar-refractivity contribution is 6.31. The van der Waals surface area contributed by atoms with Gasteiger partial charge in [-0.3, -0.25) is 0 Å². The molecule has 0 unspecified atom stereocenters. The molecule has 1 N–H and O–H groups in total. The van der Waals surface area contributed by atoms with Crippen LogP contribution >= 0.6 is 11.6 Å². The summed E-state index contributed by atoms with van der Waals surface area (Å²) in [6.45, 7) is 4.75. The Morgan fingerprint density at radius 3 is 2.50 bits per heavy atom. The van der Waals surface area contributed by atoms with Crippen LogP contribution in [-0.2, 0) is 6.54 Å². The van der Waals surface area contributed by atoms with Crippen LogP contribution in [0.5, 0.6) is 11.5 Å². The number of rotatable bonds is 5. The largest absolute Gasteiger partial charge is 0.457 e. The van der Waals surface area contributed by atoms with Crippen molar-refractivity contribution < 1.29 is 9.13 Å². The predicted octanol–water partition coefficient (Wildman–Crippen LogP) is 4.77. The summed E-state index contributed by atoms with van der Waals surface area (Å²) in [6, 6.07) is 11.8. The molecule has 0 amide bonds. The Balaban J connectivity index is 2.22. The number of hydrogen-bond acceptors (Lipinski definition) is 2. The van der Waals surface area contributed by atoms with Crippen molar-refractivity contribution in [3.63, 3.8) is 0 Å². The summed E-state index contributed by atoms with van der Waals surface area (Å²) in [5.41, 5.74) is 0.896. The molecule has 2 aromatic rings. The van der Waals surface area contributed by atoms with Gasteiger partial charge in [0.2, 0.25) is 0 Å². The summed E-state index contributed by atoms with van der Waals surface area (Å²) < 4.78 is 18.7. The molecule has 0 aliphatic rings. The first-order valence-electron chi connectivity index (χ1n) is 6.50. The summed E-state index contributed by atoms with van der Waals surface area (Å²) >= 11 is 6.22. The Morgan fingerprint density at radius 2 is 1.85 bits per heavy atom. The van der Waals surface area contributed by atoms with Gasteiger partial charge >= 0.3 is 0 Å². The minimum absolute atomic E-state index is 0.287. The van der Waals surface area contributed by atoms with Crippen molar-refractivity contribution in [1.82, 2.24) is 5.32 Å². The van der Waals surface area contributed by atoms with E-state index in [4.69, 9.17) is 16.3 Å². The van der Waals surface area contributed by atoms with Gasteiger partial charge in [-0.05, 0) is 36.4 Å². The number of benzene rings is 2. The van der Waals surface area contributed by atoms with Crippen molar-refractivity contribution in [2.75, 3.05) is 0 Å². The Morgan fingerprint density at radius 1 is 1.15 bits per heavy atom. The zero-order valence-electron chi connectivity index (χ0n) is 11.5. The predicted molar refractivity (Wildman–Crippen MR) is 79.9 cm³/mol. The van der Waals surface area contributed by atoms with Gasteiger partial charge in [0.25, 0.3) is 0 Å². The highest BCUT2D eigenvalue weighted by Gasteiger charge is 2.09. The van der Waals surface area contributed by atoms with Gasteiger partial charge in [0.1, 0.15) is 17.3 Å². The molecule has 0 bridgehead atoms. The summed E-state index contributed by atoms with van der Waals surface area (Å²) in [5, 5.41) is 3.96. The van der Waals surface area contributed by atoms with Crippen LogP contribution in [0.15, 0.2) is 42.5 Å². The topological polar surface area (TPSA) is 21.3 Å². The molecule has 0 atom stereocenters. The van der Waals surface area contributed by atoms with Crippen LogP contribution in [0.1, 0.15) is 19.4 Å². The molecule has 20 heavy (non-hydrogen) atoms. The molecule has 2 aromatic carbocycles. The van der Waals surface area contributed by atoms with Gasteiger partial charge < -0.3 is 10.1 Å². The average Bonchev–Trinajstić information content (AvgIpc) is 2.40. The highest BCUT2D eigenvalue weighted by Crippen LogP contribution is 2.30. The molecule has 106 valence electrons. The van der Waals surface area contributed by atoms with Crippen LogP contribution in [0.2, 0.25) is 5.02 Å². The molecule has 0 spiro atoms. The third kappa shape index (κ3) is 3.95. The zero-order valence-corrected chi connectivity index (χ0v) is 12.2. The molecule has 0 saturated carbocycles. The maximum atomic E-state index is 12.9. The van der Waals surface area contributed by atoms with Crippen LogP contribution in [-0.4, -0.2) is 6.04 Å². The molecule has 0 aliphatic carbocycles. The monoisotopic (exact) mass is 293 g/mol. The van der Waals surface area contributed by atoms with E-state index in [0.29, 0.717) is 29.1 Å². The third-order valence-electron chi connectivity index (χ3n) is 2.80. The van der Waals surface area contributed by atoms with Crippen molar-refractivity contribution in [1.29, 1.82) is 0 Å². The fourth-order valence-corrected chi connectivity index (χ4v) is 1.97. The molecular weight excluding hydrogens is 277 g/mol. The van der Waals surface area contributed by atoms with Gasteiger partial charge in [-0.25, -0.2) is 4.39 Å².